The molecule has 1 N–H and O–H groups in total. The zero-order chi connectivity index (χ0) is 13.8. The molecule has 0 aromatic carbocycles. The van der Waals surface area contributed by atoms with Gasteiger partial charge in [0, 0.05) is 30.9 Å². The monoisotopic (exact) mass is 265 g/mol. The van der Waals surface area contributed by atoms with Gasteiger partial charge in [-0.05, 0) is 38.3 Å². The van der Waals surface area contributed by atoms with Crippen molar-refractivity contribution in [2.45, 2.75) is 46.2 Å². The number of pyridine rings is 1. The van der Waals surface area contributed by atoms with Crippen LogP contribution in [-0.2, 0) is 6.54 Å². The van der Waals surface area contributed by atoms with Crippen LogP contribution in [0.25, 0.3) is 0 Å². The van der Waals surface area contributed by atoms with Crippen LogP contribution < -0.4 is 10.2 Å². The average molecular weight is 265 g/mol. The summed E-state index contributed by atoms with van der Waals surface area (Å²) in [5.74, 6) is 0.950. The van der Waals surface area contributed by atoms with Gasteiger partial charge in [0.25, 0.3) is 0 Å². The summed E-state index contributed by atoms with van der Waals surface area (Å²) in [6, 6.07) is 2.12. The van der Waals surface area contributed by atoms with Gasteiger partial charge in [-0.25, -0.2) is 9.37 Å². The van der Waals surface area contributed by atoms with Crippen LogP contribution in [0.5, 0.6) is 0 Å². The van der Waals surface area contributed by atoms with Gasteiger partial charge in [-0.2, -0.15) is 0 Å². The summed E-state index contributed by atoms with van der Waals surface area (Å²) in [5, 5.41) is 3.17. The molecule has 0 amide bonds. The maximum absolute atomic E-state index is 14.5. The third kappa shape index (κ3) is 3.06. The topological polar surface area (TPSA) is 28.2 Å². The number of halogens is 1. The Morgan fingerprint density at radius 3 is 3.00 bits per heavy atom. The first-order valence-electron chi connectivity index (χ1n) is 7.25. The van der Waals surface area contributed by atoms with E-state index < -0.39 is 0 Å². The Bertz CT molecular complexity index is 422. The van der Waals surface area contributed by atoms with E-state index >= 15 is 0 Å². The molecule has 2 heterocycles. The third-order valence-electron chi connectivity index (χ3n) is 4.16. The molecule has 1 aliphatic heterocycles. The molecule has 1 saturated heterocycles. The van der Waals surface area contributed by atoms with Crippen LogP contribution in [0.1, 0.15) is 39.2 Å². The van der Waals surface area contributed by atoms with Crippen LogP contribution in [0, 0.1) is 11.7 Å². The molecule has 1 aromatic heterocycles. The quantitative estimate of drug-likeness (QED) is 0.907. The Morgan fingerprint density at radius 2 is 2.26 bits per heavy atom. The molecule has 0 bridgehead atoms. The highest BCUT2D eigenvalue weighted by Gasteiger charge is 2.28. The second-order valence-corrected chi connectivity index (χ2v) is 5.44. The van der Waals surface area contributed by atoms with Crippen molar-refractivity contribution >= 4 is 5.82 Å². The normalized spacial score (nSPS) is 23.7. The molecule has 0 aliphatic carbocycles. The first-order valence-corrected chi connectivity index (χ1v) is 7.25. The van der Waals surface area contributed by atoms with Crippen LogP contribution in [-0.4, -0.2) is 24.1 Å². The summed E-state index contributed by atoms with van der Waals surface area (Å²) >= 11 is 0. The molecule has 0 saturated carbocycles. The second-order valence-electron chi connectivity index (χ2n) is 5.44. The Kier molecular flexibility index (Phi) is 4.75. The lowest BCUT2D eigenvalue weighted by molar-refractivity contribution is 0.357. The molecule has 2 atom stereocenters. The smallest absolute Gasteiger partial charge is 0.170 e. The van der Waals surface area contributed by atoms with E-state index in [9.17, 15) is 4.39 Å². The molecule has 19 heavy (non-hydrogen) atoms. The molecule has 1 aliphatic rings. The van der Waals surface area contributed by atoms with Crippen LogP contribution in [0.15, 0.2) is 12.3 Å². The zero-order valence-corrected chi connectivity index (χ0v) is 12.1. The molecular formula is C15H24FN3. The van der Waals surface area contributed by atoms with E-state index in [4.69, 9.17) is 0 Å². The van der Waals surface area contributed by atoms with Crippen molar-refractivity contribution in [3.05, 3.63) is 23.6 Å². The van der Waals surface area contributed by atoms with Crippen LogP contribution in [0.4, 0.5) is 10.2 Å². The molecule has 2 unspecified atom stereocenters. The van der Waals surface area contributed by atoms with Crippen molar-refractivity contribution in [1.82, 2.24) is 10.3 Å². The fraction of sp³-hybridized carbons (Fsp3) is 0.667. The van der Waals surface area contributed by atoms with E-state index in [0.717, 1.165) is 19.5 Å². The van der Waals surface area contributed by atoms with Gasteiger partial charge < -0.3 is 10.2 Å². The van der Waals surface area contributed by atoms with E-state index in [1.807, 2.05) is 6.92 Å². The Hall–Kier alpha value is -1.16. The number of nitrogens with zero attached hydrogens (tertiary/aromatic N) is 2. The lowest BCUT2D eigenvalue weighted by atomic mass is 9.92. The number of anilines is 1. The largest absolute Gasteiger partial charge is 0.351 e. The third-order valence-corrected chi connectivity index (χ3v) is 4.16. The van der Waals surface area contributed by atoms with E-state index in [1.54, 1.807) is 12.3 Å². The van der Waals surface area contributed by atoms with Gasteiger partial charge in [-0.3, -0.25) is 0 Å². The predicted molar refractivity (Wildman–Crippen MR) is 76.8 cm³/mol. The number of hydrogen-bond acceptors (Lipinski definition) is 3. The highest BCUT2D eigenvalue weighted by atomic mass is 19.1. The van der Waals surface area contributed by atoms with E-state index in [1.165, 1.54) is 6.42 Å². The summed E-state index contributed by atoms with van der Waals surface area (Å²) in [6.07, 6.45) is 4.05. The lowest BCUT2D eigenvalue weighted by Crippen LogP contribution is -2.43. The van der Waals surface area contributed by atoms with Gasteiger partial charge >= 0.3 is 0 Å². The van der Waals surface area contributed by atoms with Crippen molar-refractivity contribution in [2.24, 2.45) is 5.92 Å². The van der Waals surface area contributed by atoms with Crippen LogP contribution >= 0.6 is 0 Å². The molecule has 106 valence electrons. The number of rotatable bonds is 4. The Labute approximate surface area is 115 Å². The first-order chi connectivity index (χ1) is 9.15. The maximum Gasteiger partial charge on any atom is 0.170 e. The van der Waals surface area contributed by atoms with Gasteiger partial charge in [0.05, 0.1) is 0 Å². The van der Waals surface area contributed by atoms with E-state index in [0.29, 0.717) is 29.9 Å². The highest BCUT2D eigenvalue weighted by Crippen LogP contribution is 2.29. The maximum atomic E-state index is 14.5. The summed E-state index contributed by atoms with van der Waals surface area (Å²) in [7, 11) is 0. The Balaban J connectivity index is 2.24. The minimum absolute atomic E-state index is 0.163. The minimum Gasteiger partial charge on any atom is -0.351 e. The fourth-order valence-corrected chi connectivity index (χ4v) is 2.70. The first kappa shape index (κ1) is 14.3. The summed E-state index contributed by atoms with van der Waals surface area (Å²) in [5.41, 5.74) is 0.706. The summed E-state index contributed by atoms with van der Waals surface area (Å²) in [6.45, 7) is 8.73. The zero-order valence-electron chi connectivity index (χ0n) is 12.1. The van der Waals surface area contributed by atoms with Gasteiger partial charge in [0.2, 0.25) is 0 Å². The molecular weight excluding hydrogens is 241 g/mol. The highest BCUT2D eigenvalue weighted by molar-refractivity contribution is 5.44. The van der Waals surface area contributed by atoms with Gasteiger partial charge in [-0.15, -0.1) is 0 Å². The van der Waals surface area contributed by atoms with Gasteiger partial charge in [0.15, 0.2) is 11.6 Å². The second kappa shape index (κ2) is 6.33. The molecule has 1 fully saturated rings. The van der Waals surface area contributed by atoms with Crippen molar-refractivity contribution in [2.75, 3.05) is 18.0 Å². The molecule has 2 rings (SSSR count). The standard InChI is InChI=1S/C15H24FN3/c1-4-17-10-13-7-8-18-15(14(13)16)19-9-5-6-11(2)12(19)3/h7-8,11-12,17H,4-6,9-10H2,1-3H3. The van der Waals surface area contributed by atoms with Crippen molar-refractivity contribution in [1.29, 1.82) is 0 Å². The lowest BCUT2D eigenvalue weighted by Gasteiger charge is -2.39. The van der Waals surface area contributed by atoms with Crippen molar-refractivity contribution in [3.63, 3.8) is 0 Å². The van der Waals surface area contributed by atoms with Crippen LogP contribution in [0.2, 0.25) is 0 Å². The number of piperidine rings is 1. The predicted octanol–water partition coefficient (Wildman–Crippen LogP) is 2.96. The fourth-order valence-electron chi connectivity index (χ4n) is 2.70. The Morgan fingerprint density at radius 1 is 1.47 bits per heavy atom. The molecule has 4 heteroatoms. The van der Waals surface area contributed by atoms with Crippen molar-refractivity contribution < 1.29 is 4.39 Å². The molecule has 3 nitrogen and oxygen atoms in total. The van der Waals surface area contributed by atoms with E-state index in [2.05, 4.69) is 29.0 Å². The SMILES string of the molecule is CCNCc1ccnc(N2CCCC(C)C2C)c1F. The number of nitrogens with one attached hydrogen (secondary N) is 1. The summed E-state index contributed by atoms with van der Waals surface area (Å²) in [4.78, 5) is 6.40. The molecule has 0 radical (unpaired) electrons. The average Bonchev–Trinajstić information content (AvgIpc) is 2.41. The number of hydrogen-bond donors (Lipinski definition) is 1. The molecule has 0 spiro atoms. The molecule has 1 aromatic rings. The van der Waals surface area contributed by atoms with E-state index in [-0.39, 0.29) is 5.82 Å². The minimum atomic E-state index is -0.163. The van der Waals surface area contributed by atoms with Crippen LogP contribution in [0.3, 0.4) is 0 Å². The number of aromatic nitrogens is 1. The van der Waals surface area contributed by atoms with Crippen molar-refractivity contribution in [3.8, 4) is 0 Å². The van der Waals surface area contributed by atoms with Gasteiger partial charge in [-0.1, -0.05) is 13.8 Å². The summed E-state index contributed by atoms with van der Waals surface area (Å²) < 4.78 is 14.5. The van der Waals surface area contributed by atoms with Gasteiger partial charge in [0.1, 0.15) is 0 Å².